The van der Waals surface area contributed by atoms with Gasteiger partial charge in [0.05, 0.1) is 10.4 Å². The number of hydrogen-bond donors (Lipinski definition) is 0. The average molecular weight is 311 g/mol. The van der Waals surface area contributed by atoms with Gasteiger partial charge in [-0.2, -0.15) is 0 Å². The minimum absolute atomic E-state index is 0.175. The molecule has 1 aliphatic rings. The van der Waals surface area contributed by atoms with E-state index in [1.54, 1.807) is 0 Å². The summed E-state index contributed by atoms with van der Waals surface area (Å²) in [6, 6.07) is 8.33. The fourth-order valence-electron chi connectivity index (χ4n) is 2.31. The largest absolute Gasteiger partial charge is 0.337 e. The Bertz CT molecular complexity index is 519. The van der Waals surface area contributed by atoms with Crippen LogP contribution in [0.5, 0.6) is 0 Å². The first-order valence-corrected chi connectivity index (χ1v) is 8.63. The number of benzene rings is 1. The number of hydrogen-bond acceptors (Lipinski definition) is 3. The Labute approximate surface area is 126 Å². The van der Waals surface area contributed by atoms with E-state index in [-0.39, 0.29) is 4.08 Å². The Morgan fingerprint density at radius 3 is 2.58 bits per heavy atom. The second kappa shape index (κ2) is 5.81. The topological polar surface area (TPSA) is 17.8 Å². The van der Waals surface area contributed by atoms with E-state index in [9.17, 15) is 0 Å². The van der Waals surface area contributed by atoms with Gasteiger partial charge in [0.2, 0.25) is 0 Å². The van der Waals surface area contributed by atoms with Crippen LogP contribution in [0.25, 0.3) is 0 Å². The normalized spacial score (nSPS) is 17.7. The van der Waals surface area contributed by atoms with Gasteiger partial charge in [0.25, 0.3) is 0 Å². The summed E-state index contributed by atoms with van der Waals surface area (Å²) >= 11 is 10.1. The number of nitrogens with zero attached hydrogens (tertiary/aromatic N) is 2. The van der Waals surface area contributed by atoms with Crippen molar-refractivity contribution in [1.29, 1.82) is 0 Å². The summed E-state index contributed by atoms with van der Waals surface area (Å²) in [5.41, 5.74) is 1.38. The molecule has 0 saturated carbocycles. The molecule has 0 bridgehead atoms. The van der Waals surface area contributed by atoms with Crippen LogP contribution in [0.1, 0.15) is 12.0 Å². The van der Waals surface area contributed by atoms with E-state index in [1.165, 1.54) is 17.1 Å². The molecule has 0 spiro atoms. The van der Waals surface area contributed by atoms with Gasteiger partial charge in [-0.3, -0.25) is 0 Å². The van der Waals surface area contributed by atoms with Crippen LogP contribution >= 0.6 is 35.1 Å². The molecular weight excluding hydrogens is 296 g/mol. The predicted molar refractivity (Wildman–Crippen MR) is 84.9 cm³/mol. The highest BCUT2D eigenvalue weighted by Gasteiger charge is 2.37. The molecule has 1 fully saturated rings. The summed E-state index contributed by atoms with van der Waals surface area (Å²) in [5, 5.41) is 0.807. The van der Waals surface area contributed by atoms with Crippen molar-refractivity contribution in [2.75, 3.05) is 11.5 Å². The smallest absolute Gasteiger partial charge is 0.0945 e. The maximum absolute atomic E-state index is 6.00. The van der Waals surface area contributed by atoms with Crippen LogP contribution in [0.2, 0.25) is 5.02 Å². The summed E-state index contributed by atoms with van der Waals surface area (Å²) in [6.45, 7) is 1.00. The molecule has 2 heterocycles. The minimum Gasteiger partial charge on any atom is -0.337 e. The summed E-state index contributed by atoms with van der Waals surface area (Å²) < 4.78 is 2.33. The van der Waals surface area contributed by atoms with E-state index in [1.807, 2.05) is 30.9 Å². The van der Waals surface area contributed by atoms with Gasteiger partial charge < -0.3 is 4.57 Å². The standard InChI is InChI=1S/C14H15ClN2S2/c15-13-3-1-12(2-4-13)14(18-9-10-19-14)5-7-17-8-6-16-11-17/h1-4,6,8,11H,5,7,9-10H2. The molecule has 5 heteroatoms. The Balaban J connectivity index is 1.80. The second-order valence-electron chi connectivity index (χ2n) is 4.51. The first-order chi connectivity index (χ1) is 9.28. The Morgan fingerprint density at radius 2 is 1.95 bits per heavy atom. The predicted octanol–water partition coefficient (Wildman–Crippen LogP) is 4.26. The van der Waals surface area contributed by atoms with Crippen LogP contribution in [0.4, 0.5) is 0 Å². The zero-order valence-corrected chi connectivity index (χ0v) is 12.8. The molecule has 1 aromatic heterocycles. The lowest BCUT2D eigenvalue weighted by molar-refractivity contribution is 0.614. The van der Waals surface area contributed by atoms with Crippen molar-refractivity contribution >= 4 is 35.1 Å². The van der Waals surface area contributed by atoms with Gasteiger partial charge in [-0.25, -0.2) is 4.98 Å². The maximum atomic E-state index is 6.00. The molecule has 0 radical (unpaired) electrons. The molecule has 0 aliphatic carbocycles. The minimum atomic E-state index is 0.175. The van der Waals surface area contributed by atoms with Crippen molar-refractivity contribution in [3.63, 3.8) is 0 Å². The van der Waals surface area contributed by atoms with Crippen LogP contribution < -0.4 is 0 Å². The van der Waals surface area contributed by atoms with Gasteiger partial charge in [-0.1, -0.05) is 23.7 Å². The summed E-state index contributed by atoms with van der Waals surface area (Å²) in [5.74, 6) is 2.44. The molecule has 1 aliphatic heterocycles. The highest BCUT2D eigenvalue weighted by Crippen LogP contribution is 2.54. The monoisotopic (exact) mass is 310 g/mol. The Hall–Kier alpha value is -0.580. The zero-order chi connectivity index (χ0) is 13.1. The van der Waals surface area contributed by atoms with Crippen LogP contribution in [0, 0.1) is 0 Å². The summed E-state index contributed by atoms with van der Waals surface area (Å²) in [4.78, 5) is 4.11. The van der Waals surface area contributed by atoms with Crippen molar-refractivity contribution in [3.8, 4) is 0 Å². The van der Waals surface area contributed by atoms with Crippen LogP contribution in [-0.2, 0) is 10.6 Å². The molecule has 100 valence electrons. The van der Waals surface area contributed by atoms with Gasteiger partial charge in [-0.05, 0) is 24.1 Å². The molecule has 2 nitrogen and oxygen atoms in total. The molecule has 2 aromatic rings. The van der Waals surface area contributed by atoms with Crippen molar-refractivity contribution in [1.82, 2.24) is 9.55 Å². The van der Waals surface area contributed by atoms with E-state index in [0.717, 1.165) is 18.0 Å². The van der Waals surface area contributed by atoms with E-state index >= 15 is 0 Å². The molecule has 1 saturated heterocycles. The molecule has 0 atom stereocenters. The first-order valence-electron chi connectivity index (χ1n) is 6.28. The van der Waals surface area contributed by atoms with Gasteiger partial charge in [0.15, 0.2) is 0 Å². The highest BCUT2D eigenvalue weighted by molar-refractivity contribution is 8.20. The third kappa shape index (κ3) is 2.96. The average Bonchev–Trinajstić information content (AvgIpc) is 3.09. The molecule has 3 rings (SSSR count). The third-order valence-corrected chi connectivity index (χ3v) is 7.14. The number of imidazole rings is 1. The molecular formula is C14H15ClN2S2. The quantitative estimate of drug-likeness (QED) is 0.840. The molecule has 0 amide bonds. The van der Waals surface area contributed by atoms with Crippen LogP contribution in [-0.4, -0.2) is 21.1 Å². The fraction of sp³-hybridized carbons (Fsp3) is 0.357. The van der Waals surface area contributed by atoms with E-state index in [0.29, 0.717) is 0 Å². The summed E-state index contributed by atoms with van der Waals surface area (Å²) in [6.07, 6.45) is 6.86. The molecule has 0 N–H and O–H groups in total. The highest BCUT2D eigenvalue weighted by atomic mass is 35.5. The van der Waals surface area contributed by atoms with Crippen molar-refractivity contribution < 1.29 is 0 Å². The van der Waals surface area contributed by atoms with Gasteiger partial charge in [-0.15, -0.1) is 23.5 Å². The lowest BCUT2D eigenvalue weighted by atomic mass is 10.1. The number of aromatic nitrogens is 2. The maximum Gasteiger partial charge on any atom is 0.0945 e. The lowest BCUT2D eigenvalue weighted by Gasteiger charge is -2.28. The number of thioether (sulfide) groups is 2. The SMILES string of the molecule is Clc1ccc(C2(CCn3ccnc3)SCCS2)cc1. The number of aryl methyl sites for hydroxylation is 1. The van der Waals surface area contributed by atoms with Gasteiger partial charge in [0.1, 0.15) is 0 Å². The zero-order valence-electron chi connectivity index (χ0n) is 10.5. The van der Waals surface area contributed by atoms with E-state index in [4.69, 9.17) is 11.6 Å². The second-order valence-corrected chi connectivity index (χ2v) is 7.99. The van der Waals surface area contributed by atoms with Crippen molar-refractivity contribution in [2.45, 2.75) is 17.0 Å². The Morgan fingerprint density at radius 1 is 1.21 bits per heavy atom. The van der Waals surface area contributed by atoms with E-state index in [2.05, 4.69) is 45.2 Å². The van der Waals surface area contributed by atoms with Gasteiger partial charge in [0, 0.05) is 35.5 Å². The molecule has 1 aromatic carbocycles. The molecule has 19 heavy (non-hydrogen) atoms. The number of rotatable bonds is 4. The molecule has 0 unspecified atom stereocenters. The fourth-order valence-corrected chi connectivity index (χ4v) is 5.67. The Kier molecular flexibility index (Phi) is 4.10. The first kappa shape index (κ1) is 13.4. The van der Waals surface area contributed by atoms with Gasteiger partial charge >= 0.3 is 0 Å². The van der Waals surface area contributed by atoms with Crippen LogP contribution in [0.3, 0.4) is 0 Å². The summed E-state index contributed by atoms with van der Waals surface area (Å²) in [7, 11) is 0. The number of halogens is 1. The van der Waals surface area contributed by atoms with Crippen molar-refractivity contribution in [2.24, 2.45) is 0 Å². The lowest BCUT2D eigenvalue weighted by Crippen LogP contribution is -2.17. The third-order valence-electron chi connectivity index (χ3n) is 3.30. The van der Waals surface area contributed by atoms with E-state index < -0.39 is 0 Å². The van der Waals surface area contributed by atoms with Crippen molar-refractivity contribution in [3.05, 3.63) is 53.6 Å². The van der Waals surface area contributed by atoms with Crippen LogP contribution in [0.15, 0.2) is 43.0 Å².